The van der Waals surface area contributed by atoms with E-state index < -0.39 is 48.1 Å². The van der Waals surface area contributed by atoms with E-state index in [0.29, 0.717) is 10.2 Å². The first-order valence-electron chi connectivity index (χ1n) is 7.55. The van der Waals surface area contributed by atoms with E-state index in [2.05, 4.69) is 9.97 Å². The Kier molecular flexibility index (Phi) is 4.79. The van der Waals surface area contributed by atoms with E-state index in [-0.39, 0.29) is 4.90 Å². The summed E-state index contributed by atoms with van der Waals surface area (Å²) in [5.74, 6) is 0. The molecule has 0 atom stereocenters. The molecule has 0 fully saturated rings. The van der Waals surface area contributed by atoms with Gasteiger partial charge in [-0.1, -0.05) is 18.2 Å². The molecule has 148 valence electrons. The van der Waals surface area contributed by atoms with Crippen molar-refractivity contribution in [1.82, 2.24) is 13.9 Å². The van der Waals surface area contributed by atoms with E-state index in [1.807, 2.05) is 0 Å². The highest BCUT2D eigenvalue weighted by molar-refractivity contribution is 7.90. The van der Waals surface area contributed by atoms with Crippen molar-refractivity contribution < 1.29 is 30.0 Å². The summed E-state index contributed by atoms with van der Waals surface area (Å²) in [6, 6.07) is 9.40. The van der Waals surface area contributed by atoms with Crippen LogP contribution in [0.4, 0.5) is 13.2 Å². The van der Waals surface area contributed by atoms with E-state index in [4.69, 9.17) is 0 Å². The molecule has 2 heterocycles. The molecule has 0 N–H and O–H groups in total. The zero-order chi connectivity index (χ0) is 20.7. The third-order valence-corrected chi connectivity index (χ3v) is 6.22. The summed E-state index contributed by atoms with van der Waals surface area (Å²) in [4.78, 5) is 6.62. The molecule has 0 bridgehead atoms. The van der Waals surface area contributed by atoms with Gasteiger partial charge in [-0.25, -0.2) is 30.8 Å². The molecule has 0 radical (unpaired) electrons. The summed E-state index contributed by atoms with van der Waals surface area (Å²) in [7, 11) is -8.27. The predicted molar refractivity (Wildman–Crippen MR) is 92.6 cm³/mol. The number of aromatic nitrogens is 3. The van der Waals surface area contributed by atoms with Crippen LogP contribution in [0.2, 0.25) is 0 Å². The lowest BCUT2D eigenvalue weighted by molar-refractivity contribution is -0.137. The van der Waals surface area contributed by atoms with E-state index >= 15 is 0 Å². The first-order valence-corrected chi connectivity index (χ1v) is 10.9. The fourth-order valence-corrected chi connectivity index (χ4v) is 4.28. The Bertz CT molecular complexity index is 1240. The Labute approximate surface area is 158 Å². The lowest BCUT2D eigenvalue weighted by Gasteiger charge is -2.15. The van der Waals surface area contributed by atoms with E-state index in [1.54, 1.807) is 6.07 Å². The molecule has 3 aromatic rings. The van der Waals surface area contributed by atoms with Crippen molar-refractivity contribution in [1.29, 1.82) is 0 Å². The minimum atomic E-state index is -4.93. The maximum absolute atomic E-state index is 13.4. The molecule has 0 aliphatic carbocycles. The van der Waals surface area contributed by atoms with Crippen LogP contribution in [-0.2, 0) is 26.0 Å². The summed E-state index contributed by atoms with van der Waals surface area (Å²) < 4.78 is 90.0. The Morgan fingerprint density at radius 3 is 2.18 bits per heavy atom. The van der Waals surface area contributed by atoms with Crippen molar-refractivity contribution in [2.45, 2.75) is 16.2 Å². The number of benzene rings is 1. The Morgan fingerprint density at radius 1 is 0.964 bits per heavy atom. The van der Waals surface area contributed by atoms with Gasteiger partial charge < -0.3 is 0 Å². The van der Waals surface area contributed by atoms with Gasteiger partial charge in [0.05, 0.1) is 10.6 Å². The second-order valence-electron chi connectivity index (χ2n) is 5.69. The lowest BCUT2D eigenvalue weighted by atomic mass is 10.2. The van der Waals surface area contributed by atoms with Crippen molar-refractivity contribution >= 4 is 19.9 Å². The number of hydrogen-bond acceptors (Lipinski definition) is 6. The number of halogens is 3. The summed E-state index contributed by atoms with van der Waals surface area (Å²) in [5.41, 5.74) is -2.65. The standard InChI is InChI=1S/C16H12F3N3O4S2/c1-27(23,24)15-20-10-12(16(17,18)19)14(21-15)13-8-5-9-22(13)28(25,26)11-6-3-2-4-7-11/h2-10H,1H3. The highest BCUT2D eigenvalue weighted by atomic mass is 32.2. The van der Waals surface area contributed by atoms with Crippen molar-refractivity contribution in [2.24, 2.45) is 0 Å². The van der Waals surface area contributed by atoms with Crippen LogP contribution >= 0.6 is 0 Å². The normalized spacial score (nSPS) is 12.9. The lowest BCUT2D eigenvalue weighted by Crippen LogP contribution is -2.17. The van der Waals surface area contributed by atoms with Gasteiger partial charge in [-0.05, 0) is 24.3 Å². The molecule has 0 aliphatic rings. The molecule has 28 heavy (non-hydrogen) atoms. The van der Waals surface area contributed by atoms with Crippen LogP contribution in [0.5, 0.6) is 0 Å². The second-order valence-corrected chi connectivity index (χ2v) is 9.42. The van der Waals surface area contributed by atoms with Gasteiger partial charge in [-0.2, -0.15) is 13.2 Å². The smallest absolute Gasteiger partial charge is 0.240 e. The van der Waals surface area contributed by atoms with Gasteiger partial charge in [0.15, 0.2) is 0 Å². The van der Waals surface area contributed by atoms with Crippen LogP contribution in [0.3, 0.4) is 0 Å². The average molecular weight is 431 g/mol. The summed E-state index contributed by atoms with van der Waals surface area (Å²) in [6.45, 7) is 0. The predicted octanol–water partition coefficient (Wildman–Crippen LogP) is 2.60. The van der Waals surface area contributed by atoms with E-state index in [0.717, 1.165) is 18.5 Å². The van der Waals surface area contributed by atoms with Crippen LogP contribution in [0.25, 0.3) is 11.4 Å². The third kappa shape index (κ3) is 3.64. The fraction of sp³-hybridized carbons (Fsp3) is 0.125. The zero-order valence-electron chi connectivity index (χ0n) is 14.1. The Hall–Kier alpha value is -2.73. The molecule has 1 aromatic carbocycles. The highest BCUT2D eigenvalue weighted by Gasteiger charge is 2.37. The summed E-state index contributed by atoms with van der Waals surface area (Å²) in [6.07, 6.45) is -2.82. The molecule has 0 saturated heterocycles. The summed E-state index contributed by atoms with van der Waals surface area (Å²) in [5, 5.41) is -0.847. The molecule has 12 heteroatoms. The first kappa shape index (κ1) is 20.0. The quantitative estimate of drug-likeness (QED) is 0.589. The van der Waals surface area contributed by atoms with Gasteiger partial charge in [0.1, 0.15) is 11.3 Å². The number of sulfone groups is 1. The molecule has 3 rings (SSSR count). The van der Waals surface area contributed by atoms with Crippen molar-refractivity contribution in [3.8, 4) is 11.4 Å². The fourth-order valence-electron chi connectivity index (χ4n) is 2.41. The zero-order valence-corrected chi connectivity index (χ0v) is 15.8. The third-order valence-electron chi connectivity index (χ3n) is 3.66. The highest BCUT2D eigenvalue weighted by Crippen LogP contribution is 2.37. The van der Waals surface area contributed by atoms with Crippen molar-refractivity contribution in [2.75, 3.05) is 6.26 Å². The first-order chi connectivity index (χ1) is 12.9. The van der Waals surface area contributed by atoms with Crippen LogP contribution in [-0.4, -0.2) is 37.0 Å². The maximum atomic E-state index is 13.4. The van der Waals surface area contributed by atoms with Crippen LogP contribution < -0.4 is 0 Å². The summed E-state index contributed by atoms with van der Waals surface area (Å²) >= 11 is 0. The molecular formula is C16H12F3N3O4S2. The molecule has 0 aliphatic heterocycles. The number of nitrogens with zero attached hydrogens (tertiary/aromatic N) is 3. The van der Waals surface area contributed by atoms with E-state index in [9.17, 15) is 30.0 Å². The van der Waals surface area contributed by atoms with Gasteiger partial charge in [-0.3, -0.25) is 0 Å². The molecule has 0 unspecified atom stereocenters. The topological polar surface area (TPSA) is 99.0 Å². The van der Waals surface area contributed by atoms with Crippen LogP contribution in [0.15, 0.2) is 64.9 Å². The largest absolute Gasteiger partial charge is 0.420 e. The van der Waals surface area contributed by atoms with Gasteiger partial charge in [0.25, 0.3) is 10.0 Å². The minimum Gasteiger partial charge on any atom is -0.240 e. The Balaban J connectivity index is 2.31. The Morgan fingerprint density at radius 2 is 1.61 bits per heavy atom. The van der Waals surface area contributed by atoms with Crippen LogP contribution in [0, 0.1) is 0 Å². The number of alkyl halides is 3. The molecule has 0 saturated carbocycles. The van der Waals surface area contributed by atoms with Gasteiger partial charge in [0, 0.05) is 18.6 Å². The number of hydrogen-bond donors (Lipinski definition) is 0. The monoisotopic (exact) mass is 431 g/mol. The van der Waals surface area contributed by atoms with Crippen molar-refractivity contribution in [3.63, 3.8) is 0 Å². The van der Waals surface area contributed by atoms with Crippen molar-refractivity contribution in [3.05, 3.63) is 60.4 Å². The molecule has 0 spiro atoms. The number of rotatable bonds is 4. The van der Waals surface area contributed by atoms with Gasteiger partial charge in [-0.15, -0.1) is 0 Å². The molecular weight excluding hydrogens is 419 g/mol. The van der Waals surface area contributed by atoms with Gasteiger partial charge in [0.2, 0.25) is 15.0 Å². The average Bonchev–Trinajstić information content (AvgIpc) is 3.11. The molecule has 0 amide bonds. The molecule has 7 nitrogen and oxygen atoms in total. The maximum Gasteiger partial charge on any atom is 0.420 e. The van der Waals surface area contributed by atoms with Gasteiger partial charge >= 0.3 is 6.18 Å². The second kappa shape index (κ2) is 6.71. The molecule has 2 aromatic heterocycles. The van der Waals surface area contributed by atoms with Crippen LogP contribution in [0.1, 0.15) is 5.56 Å². The minimum absolute atomic E-state index is 0.154. The SMILES string of the molecule is CS(=O)(=O)c1ncc(C(F)(F)F)c(-c2cccn2S(=O)(=O)c2ccccc2)n1. The van der Waals surface area contributed by atoms with E-state index in [1.165, 1.54) is 30.3 Å².